The van der Waals surface area contributed by atoms with Crippen LogP contribution in [0.3, 0.4) is 0 Å². The van der Waals surface area contributed by atoms with E-state index in [-0.39, 0.29) is 11.2 Å². The summed E-state index contributed by atoms with van der Waals surface area (Å²) >= 11 is 0. The van der Waals surface area contributed by atoms with Gasteiger partial charge in [-0.15, -0.1) is 0 Å². The summed E-state index contributed by atoms with van der Waals surface area (Å²) in [5.41, 5.74) is 3.12. The maximum atomic E-state index is 12.3. The molecule has 0 amide bonds. The Balaban J connectivity index is 2.29. The van der Waals surface area contributed by atoms with Crippen LogP contribution in [0.5, 0.6) is 0 Å². The zero-order valence-electron chi connectivity index (χ0n) is 10.7. The second-order valence-corrected chi connectivity index (χ2v) is 5.30. The molecule has 0 heterocycles. The molecule has 0 spiro atoms. The molecule has 1 aromatic rings. The molecule has 1 aromatic carbocycles. The molecule has 0 N–H and O–H groups in total. The number of carbonyl (C=O) groups excluding carboxylic acids is 1. The number of hydrogen-bond donors (Lipinski definition) is 0. The summed E-state index contributed by atoms with van der Waals surface area (Å²) in [4.78, 5) is 12.3. The lowest BCUT2D eigenvalue weighted by Crippen LogP contribution is -2.20. The van der Waals surface area contributed by atoms with Crippen molar-refractivity contribution >= 4 is 5.78 Å². The van der Waals surface area contributed by atoms with E-state index < -0.39 is 0 Å². The molecule has 88 valence electrons. The fourth-order valence-corrected chi connectivity index (χ4v) is 2.06. The summed E-state index contributed by atoms with van der Waals surface area (Å²) in [5.74, 6) is 0.155. The molecule has 1 heteroatoms. The number of benzene rings is 1. The Morgan fingerprint density at radius 1 is 1.12 bits per heavy atom. The Morgan fingerprint density at radius 3 is 2.35 bits per heavy atom. The molecular weight excluding hydrogens is 208 g/mol. The van der Waals surface area contributed by atoms with Crippen LogP contribution >= 0.6 is 0 Å². The van der Waals surface area contributed by atoms with Gasteiger partial charge in [-0.1, -0.05) is 61.9 Å². The first-order valence-electron chi connectivity index (χ1n) is 5.98. The van der Waals surface area contributed by atoms with Crippen molar-refractivity contribution in [3.05, 3.63) is 59.2 Å². The van der Waals surface area contributed by atoms with Crippen LogP contribution in [0.15, 0.2) is 53.6 Å². The van der Waals surface area contributed by atoms with Gasteiger partial charge in [-0.3, -0.25) is 4.79 Å². The van der Waals surface area contributed by atoms with Gasteiger partial charge < -0.3 is 0 Å². The second kappa shape index (κ2) is 4.33. The summed E-state index contributed by atoms with van der Waals surface area (Å²) in [6.45, 7) is 6.49. The van der Waals surface area contributed by atoms with Crippen molar-refractivity contribution in [2.45, 2.75) is 27.2 Å². The maximum Gasteiger partial charge on any atom is 0.189 e. The monoisotopic (exact) mass is 226 g/mol. The third-order valence-corrected chi connectivity index (χ3v) is 3.56. The minimum absolute atomic E-state index is 0.0918. The standard InChI is InChI=1S/C16H18O/c1-12-9-10-14(11-16(12,2)3)15(17)13-7-5-4-6-8-13/h4-10H,11H2,1-3H3. The van der Waals surface area contributed by atoms with Crippen LogP contribution in [0.2, 0.25) is 0 Å². The Bertz CT molecular complexity index is 490. The van der Waals surface area contributed by atoms with E-state index in [1.165, 1.54) is 5.57 Å². The molecule has 0 atom stereocenters. The Hall–Kier alpha value is -1.63. The maximum absolute atomic E-state index is 12.3. The molecule has 0 aliphatic heterocycles. The molecule has 0 fully saturated rings. The summed E-state index contributed by atoms with van der Waals surface area (Å²) in [6, 6.07) is 9.49. The number of Topliss-reactive ketones (excluding diaryl/α,β-unsaturated/α-hetero) is 1. The van der Waals surface area contributed by atoms with E-state index in [0.29, 0.717) is 0 Å². The van der Waals surface area contributed by atoms with Crippen LogP contribution in [0, 0.1) is 5.41 Å². The van der Waals surface area contributed by atoms with Crippen molar-refractivity contribution in [1.29, 1.82) is 0 Å². The van der Waals surface area contributed by atoms with E-state index in [9.17, 15) is 4.79 Å². The van der Waals surface area contributed by atoms with Crippen molar-refractivity contribution in [1.82, 2.24) is 0 Å². The molecule has 0 saturated heterocycles. The first-order chi connectivity index (χ1) is 8.00. The highest BCUT2D eigenvalue weighted by Gasteiger charge is 2.27. The normalized spacial score (nSPS) is 18.3. The van der Waals surface area contributed by atoms with E-state index in [1.807, 2.05) is 36.4 Å². The minimum atomic E-state index is 0.0918. The van der Waals surface area contributed by atoms with Crippen molar-refractivity contribution in [3.8, 4) is 0 Å². The van der Waals surface area contributed by atoms with Gasteiger partial charge in [0.2, 0.25) is 0 Å². The summed E-state index contributed by atoms with van der Waals surface area (Å²) in [6.07, 6.45) is 4.86. The minimum Gasteiger partial charge on any atom is -0.289 e. The van der Waals surface area contributed by atoms with Crippen LogP contribution in [0.25, 0.3) is 0 Å². The smallest absolute Gasteiger partial charge is 0.189 e. The molecule has 1 nitrogen and oxygen atoms in total. The molecule has 0 aromatic heterocycles. The van der Waals surface area contributed by atoms with E-state index in [4.69, 9.17) is 0 Å². The predicted octanol–water partition coefficient (Wildman–Crippen LogP) is 4.17. The second-order valence-electron chi connectivity index (χ2n) is 5.30. The summed E-state index contributed by atoms with van der Waals surface area (Å²) < 4.78 is 0. The molecule has 0 bridgehead atoms. The molecule has 17 heavy (non-hydrogen) atoms. The predicted molar refractivity (Wildman–Crippen MR) is 71.0 cm³/mol. The Labute approximate surface area is 103 Å². The average molecular weight is 226 g/mol. The molecule has 1 aliphatic carbocycles. The van der Waals surface area contributed by atoms with Crippen molar-refractivity contribution in [2.24, 2.45) is 5.41 Å². The number of ketones is 1. The zero-order chi connectivity index (χ0) is 12.5. The van der Waals surface area contributed by atoms with Crippen molar-refractivity contribution in [3.63, 3.8) is 0 Å². The molecule has 1 aliphatic rings. The highest BCUT2D eigenvalue weighted by atomic mass is 16.1. The van der Waals surface area contributed by atoms with Gasteiger partial charge in [0.25, 0.3) is 0 Å². The van der Waals surface area contributed by atoms with Gasteiger partial charge in [0.05, 0.1) is 0 Å². The van der Waals surface area contributed by atoms with Crippen molar-refractivity contribution in [2.75, 3.05) is 0 Å². The first-order valence-corrected chi connectivity index (χ1v) is 5.98. The van der Waals surface area contributed by atoms with Crippen molar-refractivity contribution < 1.29 is 4.79 Å². The lowest BCUT2D eigenvalue weighted by atomic mass is 9.74. The topological polar surface area (TPSA) is 17.1 Å². The van der Waals surface area contributed by atoms with Gasteiger partial charge >= 0.3 is 0 Å². The van der Waals surface area contributed by atoms with Gasteiger partial charge in [-0.2, -0.15) is 0 Å². The Kier molecular flexibility index (Phi) is 3.01. The largest absolute Gasteiger partial charge is 0.289 e. The molecule has 0 unspecified atom stereocenters. The number of carbonyl (C=O) groups is 1. The molecule has 0 saturated carbocycles. The molecular formula is C16H18O. The fraction of sp³-hybridized carbons (Fsp3) is 0.312. The van der Waals surface area contributed by atoms with E-state index in [0.717, 1.165) is 17.6 Å². The zero-order valence-corrected chi connectivity index (χ0v) is 10.7. The van der Waals surface area contributed by atoms with Gasteiger partial charge in [0.1, 0.15) is 0 Å². The van der Waals surface area contributed by atoms with Crippen LogP contribution in [0.1, 0.15) is 37.6 Å². The number of rotatable bonds is 2. The fourth-order valence-electron chi connectivity index (χ4n) is 2.06. The quantitative estimate of drug-likeness (QED) is 0.692. The molecule has 2 rings (SSSR count). The van der Waals surface area contributed by atoms with Gasteiger partial charge in [0.15, 0.2) is 5.78 Å². The SMILES string of the molecule is CC1=CC=C(C(=O)c2ccccc2)CC1(C)C. The lowest BCUT2D eigenvalue weighted by Gasteiger charge is -2.29. The van der Waals surface area contributed by atoms with E-state index in [1.54, 1.807) is 0 Å². The average Bonchev–Trinajstić information content (AvgIpc) is 2.33. The van der Waals surface area contributed by atoms with Gasteiger partial charge in [-0.05, 0) is 18.8 Å². The molecule has 0 radical (unpaired) electrons. The third kappa shape index (κ3) is 2.38. The van der Waals surface area contributed by atoms with Crippen LogP contribution in [-0.4, -0.2) is 5.78 Å². The van der Waals surface area contributed by atoms with Crippen LogP contribution in [-0.2, 0) is 0 Å². The first kappa shape index (κ1) is 11.8. The Morgan fingerprint density at radius 2 is 1.76 bits per heavy atom. The highest BCUT2D eigenvalue weighted by molar-refractivity contribution is 6.09. The summed E-state index contributed by atoms with van der Waals surface area (Å²) in [5, 5.41) is 0. The van der Waals surface area contributed by atoms with Crippen LogP contribution in [0.4, 0.5) is 0 Å². The summed E-state index contributed by atoms with van der Waals surface area (Å²) in [7, 11) is 0. The lowest BCUT2D eigenvalue weighted by molar-refractivity contribution is 0.102. The van der Waals surface area contributed by atoms with Crippen LogP contribution < -0.4 is 0 Å². The van der Waals surface area contributed by atoms with E-state index >= 15 is 0 Å². The third-order valence-electron chi connectivity index (χ3n) is 3.56. The van der Waals surface area contributed by atoms with E-state index in [2.05, 4.69) is 26.8 Å². The van der Waals surface area contributed by atoms with Gasteiger partial charge in [-0.25, -0.2) is 0 Å². The highest BCUT2D eigenvalue weighted by Crippen LogP contribution is 2.37. The van der Waals surface area contributed by atoms with Gasteiger partial charge in [0, 0.05) is 11.1 Å². The number of hydrogen-bond acceptors (Lipinski definition) is 1. The number of allylic oxidation sites excluding steroid dienone is 4.